The first-order valence-electron chi connectivity index (χ1n) is 42.8. The smallest absolute Gasteiger partial charge is 0.227 e. The number of fused-ring (bicyclic) bond motifs is 13. The molecule has 0 amide bonds. The van der Waals surface area contributed by atoms with Gasteiger partial charge in [0.25, 0.3) is 0 Å². The van der Waals surface area contributed by atoms with Gasteiger partial charge < -0.3 is 65.7 Å². The minimum Gasteiger partial charge on any atom is -0.456 e. The molecule has 0 bridgehead atoms. The van der Waals surface area contributed by atoms with Crippen molar-refractivity contribution >= 4 is 122 Å². The quantitative estimate of drug-likeness (QED) is 0.114. The normalized spacial score (nSPS) is 17.0. The van der Waals surface area contributed by atoms with Gasteiger partial charge in [-0.15, -0.1) is 0 Å². The summed E-state index contributed by atoms with van der Waals surface area (Å²) in [4.78, 5) is 32.9. The summed E-state index contributed by atoms with van der Waals surface area (Å²) in [7, 11) is 8.23. The third-order valence-corrected chi connectivity index (χ3v) is 26.8. The summed E-state index contributed by atoms with van der Waals surface area (Å²) in [6, 6.07) is 60.9. The van der Waals surface area contributed by atoms with Crippen LogP contribution in [-0.4, -0.2) is 82.7 Å². The Morgan fingerprint density at radius 2 is 0.724 bits per heavy atom. The van der Waals surface area contributed by atoms with Crippen LogP contribution in [0, 0.1) is 48.5 Å². The minimum absolute atomic E-state index is 0.100. The van der Waals surface area contributed by atoms with E-state index in [4.69, 9.17) is 22.7 Å². The highest BCUT2D eigenvalue weighted by Gasteiger charge is 2.44. The second kappa shape index (κ2) is 30.1. The number of rotatable bonds is 12. The van der Waals surface area contributed by atoms with Crippen molar-refractivity contribution in [2.45, 2.75) is 178 Å². The van der Waals surface area contributed by atoms with E-state index >= 15 is 0 Å². The van der Waals surface area contributed by atoms with E-state index in [1.807, 2.05) is 81.2 Å². The summed E-state index contributed by atoms with van der Waals surface area (Å²) in [5, 5.41) is 13.9. The summed E-state index contributed by atoms with van der Waals surface area (Å²) in [6.45, 7) is 42.2. The zero-order valence-electron chi connectivity index (χ0n) is 75.1. The second-order valence-electron chi connectivity index (χ2n) is 35.9. The van der Waals surface area contributed by atoms with Crippen LogP contribution in [0.3, 0.4) is 0 Å². The van der Waals surface area contributed by atoms with Crippen LogP contribution in [-0.2, 0) is 50.3 Å². The lowest BCUT2D eigenvalue weighted by atomic mass is 9.85. The number of furan rings is 4. The molecule has 628 valence electrons. The van der Waals surface area contributed by atoms with Gasteiger partial charge in [0.2, 0.25) is 11.7 Å². The molecular formula is C103H112N16O4. The van der Waals surface area contributed by atoms with Crippen LogP contribution in [0.5, 0.6) is 0 Å². The highest BCUT2D eigenvalue weighted by molar-refractivity contribution is 6.10. The van der Waals surface area contributed by atoms with E-state index < -0.39 is 0 Å². The molecule has 123 heavy (non-hydrogen) atoms. The fraction of sp³-hybridized carbons (Fsp3) is 0.301. The fourth-order valence-corrected chi connectivity index (χ4v) is 20.8. The van der Waals surface area contributed by atoms with E-state index in [-0.39, 0.29) is 46.8 Å². The average molecular weight is 1640 g/mol. The average Bonchev–Trinajstić information content (AvgIpc) is 1.61. The van der Waals surface area contributed by atoms with Crippen molar-refractivity contribution < 1.29 is 17.7 Å². The summed E-state index contributed by atoms with van der Waals surface area (Å²) >= 11 is 0. The van der Waals surface area contributed by atoms with Gasteiger partial charge in [-0.2, -0.15) is 5.10 Å². The Morgan fingerprint density at radius 3 is 1.13 bits per heavy atom. The predicted octanol–water partition coefficient (Wildman–Crippen LogP) is 24.1. The molecule has 8 aromatic carbocycles. The van der Waals surface area contributed by atoms with Gasteiger partial charge in [0.05, 0.1) is 45.1 Å². The van der Waals surface area contributed by atoms with E-state index in [1.165, 1.54) is 88.0 Å². The second-order valence-corrected chi connectivity index (χ2v) is 35.9. The van der Waals surface area contributed by atoms with Gasteiger partial charge in [0.1, 0.15) is 87.0 Å². The largest absolute Gasteiger partial charge is 0.456 e. The molecule has 9 aromatic heterocycles. The van der Waals surface area contributed by atoms with Crippen molar-refractivity contribution in [1.29, 1.82) is 0 Å². The maximum Gasteiger partial charge on any atom is 0.227 e. The van der Waals surface area contributed by atoms with E-state index in [0.29, 0.717) is 5.71 Å². The molecule has 0 spiro atoms. The van der Waals surface area contributed by atoms with Crippen LogP contribution in [0.2, 0.25) is 0 Å². The number of pyridine rings is 1. The molecule has 0 radical (unpaired) electrons. The van der Waals surface area contributed by atoms with Crippen molar-refractivity contribution in [1.82, 2.24) is 58.0 Å². The zero-order chi connectivity index (χ0) is 86.5. The SMILES string of the molecule is Cc1cc(N2C=CN(C(C)(C)c3c(C)ccc4oc5ccccc5c34)[C@@H]2C)n(C)n1.Cc1ccc2c(n1)oc1ccc(C)c(C(C)(C)N3C=CN(c4cccn4C)[C@H]3C)c12.Cc1ccc2oc3ccccc3c2c1C(C)(C)N1C=CN(c2cnc(C)n2C)[C@H]1C.Cc1ccc2oc3ccccc3c2c1C(C)(C)N1C=CN(c2nc3ccccc3n2C)[C@H]1C. The van der Waals surface area contributed by atoms with Gasteiger partial charge in [-0.3, -0.25) is 9.58 Å². The molecule has 0 aliphatic carbocycles. The number of imidazole rings is 2. The van der Waals surface area contributed by atoms with Crippen molar-refractivity contribution in [3.8, 4) is 0 Å². The Morgan fingerprint density at radius 1 is 0.333 bits per heavy atom. The highest BCUT2D eigenvalue weighted by Crippen LogP contribution is 2.50. The first kappa shape index (κ1) is 80.7. The molecule has 13 heterocycles. The lowest BCUT2D eigenvalue weighted by Gasteiger charge is -2.42. The lowest BCUT2D eigenvalue weighted by molar-refractivity contribution is 0.153. The Labute approximate surface area is 719 Å². The molecule has 0 unspecified atom stereocenters. The Balaban J connectivity index is 0.000000112. The van der Waals surface area contributed by atoms with Gasteiger partial charge in [-0.25, -0.2) is 15.0 Å². The molecule has 0 saturated carbocycles. The third kappa shape index (κ3) is 13.1. The number of benzene rings is 8. The van der Waals surface area contributed by atoms with E-state index in [1.54, 1.807) is 0 Å². The number of aromatic nitrogens is 8. The van der Waals surface area contributed by atoms with Crippen LogP contribution < -0.4 is 19.6 Å². The Hall–Kier alpha value is -13.4. The number of hydrogen-bond acceptors (Lipinski definition) is 16. The zero-order valence-corrected chi connectivity index (χ0v) is 75.1. The number of aryl methyl sites for hydroxylation is 10. The first-order chi connectivity index (χ1) is 58.7. The maximum atomic E-state index is 6.21. The monoisotopic (exact) mass is 1640 g/mol. The van der Waals surface area contributed by atoms with Gasteiger partial charge in [-0.05, 0) is 255 Å². The molecule has 0 fully saturated rings. The van der Waals surface area contributed by atoms with Crippen molar-refractivity contribution in [3.63, 3.8) is 0 Å². The maximum absolute atomic E-state index is 6.21. The Kier molecular flexibility index (Phi) is 19.7. The van der Waals surface area contributed by atoms with Crippen LogP contribution in [0.15, 0.2) is 256 Å². The molecule has 4 aliphatic rings. The molecule has 21 rings (SSSR count). The lowest BCUT2D eigenvalue weighted by Crippen LogP contribution is -2.47. The molecule has 0 saturated heterocycles. The molecule has 4 atom stereocenters. The van der Waals surface area contributed by atoms with Crippen LogP contribution in [0.1, 0.15) is 145 Å². The third-order valence-electron chi connectivity index (χ3n) is 26.8. The Bertz CT molecular complexity index is 6960. The molecule has 4 aliphatic heterocycles. The highest BCUT2D eigenvalue weighted by atomic mass is 16.3. The van der Waals surface area contributed by atoms with Crippen LogP contribution in [0.4, 0.5) is 23.4 Å². The number of nitrogens with zero attached hydrogens (tertiary/aromatic N) is 16. The van der Waals surface area contributed by atoms with E-state index in [2.05, 4.69) is 389 Å². The standard InChI is InChI=1S/C28H28N4O.3C25H28N4O/c1-18-14-15-24-25(20-10-6-9-13-23(20)33-24)26(18)28(3,4)32-17-16-31(19(32)2)27-29-21-11-7-8-12-22(21)30(27)5;1-16-9-12-20-22(19-11-10-17(2)26-24(19)30-20)23(16)25(4,5)29-15-14-28(18(29)3)21-8-7-13-27(21)6;1-16-11-12-21-23(19-9-7-8-10-20(19)30-21)24(16)25(4,5)29-14-13-28(18(29)3)22-15-26-17(2)27(22)6;1-16-11-12-21-23(19-9-7-8-10-20(19)30-21)24(16)25(4,5)29-14-13-28(18(29)3)22-15-17(2)26-27(22)6/h6-17,19H,1-5H3;3*7-15,18H,1-6H3/t19-;3*18-/m1111/s1. The predicted molar refractivity (Wildman–Crippen MR) is 502 cm³/mol. The van der Waals surface area contributed by atoms with Gasteiger partial charge in [0.15, 0.2) is 0 Å². The summed E-state index contributed by atoms with van der Waals surface area (Å²) in [5.41, 5.74) is 20.6. The van der Waals surface area contributed by atoms with Crippen molar-refractivity contribution in [2.75, 3.05) is 19.6 Å². The van der Waals surface area contributed by atoms with Gasteiger partial charge in [-0.1, -0.05) is 91.0 Å². The molecule has 20 heteroatoms. The number of anilines is 4. The minimum atomic E-state index is -0.272. The van der Waals surface area contributed by atoms with Crippen molar-refractivity contribution in [2.24, 2.45) is 28.2 Å². The topological polar surface area (TPSA) is 150 Å². The molecular weight excluding hydrogens is 1530 g/mol. The van der Waals surface area contributed by atoms with Crippen LogP contribution >= 0.6 is 0 Å². The summed E-state index contributed by atoms with van der Waals surface area (Å²) in [5.74, 6) is 5.33. The van der Waals surface area contributed by atoms with E-state index in [0.717, 1.165) is 90.3 Å². The van der Waals surface area contributed by atoms with Gasteiger partial charge in [0, 0.05) is 139 Å². The van der Waals surface area contributed by atoms with Crippen LogP contribution in [0.25, 0.3) is 98.9 Å². The van der Waals surface area contributed by atoms with Crippen molar-refractivity contribution in [3.05, 3.63) is 300 Å². The number of para-hydroxylation sites is 5. The first-order valence-corrected chi connectivity index (χ1v) is 42.8. The molecule has 20 nitrogen and oxygen atoms in total. The fourth-order valence-electron chi connectivity index (χ4n) is 20.8. The van der Waals surface area contributed by atoms with Gasteiger partial charge >= 0.3 is 0 Å². The molecule has 0 N–H and O–H groups in total. The van der Waals surface area contributed by atoms with E-state index in [9.17, 15) is 0 Å². The summed E-state index contributed by atoms with van der Waals surface area (Å²) in [6.07, 6.45) is 22.1. The number of hydrogen-bond donors (Lipinski definition) is 0. The molecule has 17 aromatic rings. The summed E-state index contributed by atoms with van der Waals surface area (Å²) < 4.78 is 33.1.